The normalized spacial score (nSPS) is 17.3. The van der Waals surface area contributed by atoms with Crippen molar-refractivity contribution < 1.29 is 9.53 Å². The Bertz CT molecular complexity index is 1070. The molecular formula is C22H21N3O2. The van der Waals surface area contributed by atoms with E-state index in [1.165, 1.54) is 5.56 Å². The summed E-state index contributed by atoms with van der Waals surface area (Å²) >= 11 is 0. The van der Waals surface area contributed by atoms with Gasteiger partial charge in [0.2, 0.25) is 0 Å². The predicted octanol–water partition coefficient (Wildman–Crippen LogP) is 3.32. The minimum atomic E-state index is 0.0500. The quantitative estimate of drug-likeness (QED) is 0.669. The Balaban J connectivity index is 1.35. The van der Waals surface area contributed by atoms with E-state index in [1.807, 2.05) is 55.1 Å². The molecule has 1 spiro atoms. The number of nitrogens with zero attached hydrogens (tertiary/aromatic N) is 3. The first-order valence-electron chi connectivity index (χ1n) is 9.28. The predicted molar refractivity (Wildman–Crippen MR) is 103 cm³/mol. The molecule has 5 heteroatoms. The third-order valence-electron chi connectivity index (χ3n) is 5.73. The highest BCUT2D eigenvalue weighted by atomic mass is 16.5. The van der Waals surface area contributed by atoms with Crippen molar-refractivity contribution in [2.45, 2.75) is 20.3 Å². The Morgan fingerprint density at radius 1 is 1.04 bits per heavy atom. The first-order chi connectivity index (χ1) is 13.0. The van der Waals surface area contributed by atoms with Gasteiger partial charge < -0.3 is 9.64 Å². The van der Waals surface area contributed by atoms with Gasteiger partial charge in [-0.1, -0.05) is 18.2 Å². The van der Waals surface area contributed by atoms with E-state index in [4.69, 9.17) is 4.74 Å². The highest BCUT2D eigenvalue weighted by Crippen LogP contribution is 2.41. The summed E-state index contributed by atoms with van der Waals surface area (Å²) in [5.74, 6) is 1.04. The number of carbonyl (C=O) groups excluding carboxylic acids is 1. The molecule has 2 aromatic carbocycles. The van der Waals surface area contributed by atoms with E-state index in [2.05, 4.69) is 16.0 Å². The van der Waals surface area contributed by atoms with Gasteiger partial charge in [-0.3, -0.25) is 4.79 Å². The summed E-state index contributed by atoms with van der Waals surface area (Å²) in [6.07, 6.45) is 0.967. The fraction of sp³-hybridized carbons (Fsp3) is 0.318. The minimum absolute atomic E-state index is 0.0500. The Kier molecular flexibility index (Phi) is 3.47. The zero-order chi connectivity index (χ0) is 18.6. The SMILES string of the molecule is Cc1nc2ccc(C(=O)N3CC4(COc5ccccc5C4)C3)cc2nc1C. The molecule has 2 aliphatic heterocycles. The number of hydrogen-bond acceptors (Lipinski definition) is 4. The zero-order valence-corrected chi connectivity index (χ0v) is 15.5. The third-order valence-corrected chi connectivity index (χ3v) is 5.73. The van der Waals surface area contributed by atoms with Crippen LogP contribution in [-0.4, -0.2) is 40.5 Å². The number of aryl methyl sites for hydroxylation is 2. The van der Waals surface area contributed by atoms with Crippen molar-refractivity contribution in [3.05, 3.63) is 65.0 Å². The largest absolute Gasteiger partial charge is 0.493 e. The second-order valence-electron chi connectivity index (χ2n) is 7.83. The highest BCUT2D eigenvalue weighted by Gasteiger charge is 2.48. The first-order valence-corrected chi connectivity index (χ1v) is 9.28. The van der Waals surface area contributed by atoms with Crippen molar-refractivity contribution in [3.8, 4) is 5.75 Å². The van der Waals surface area contributed by atoms with Crippen LogP contribution < -0.4 is 4.74 Å². The molecule has 3 aromatic rings. The first kappa shape index (κ1) is 16.2. The fourth-order valence-corrected chi connectivity index (χ4v) is 4.13. The monoisotopic (exact) mass is 359 g/mol. The van der Waals surface area contributed by atoms with Crippen LogP contribution in [0.5, 0.6) is 5.75 Å². The van der Waals surface area contributed by atoms with E-state index >= 15 is 0 Å². The van der Waals surface area contributed by atoms with Crippen LogP contribution in [0.15, 0.2) is 42.5 Å². The summed E-state index contributed by atoms with van der Waals surface area (Å²) < 4.78 is 5.94. The summed E-state index contributed by atoms with van der Waals surface area (Å²) in [6.45, 7) is 6.03. The van der Waals surface area contributed by atoms with Gasteiger partial charge in [-0.15, -0.1) is 0 Å². The Labute approximate surface area is 158 Å². The second kappa shape index (κ2) is 5.78. The maximum absolute atomic E-state index is 12.9. The lowest BCUT2D eigenvalue weighted by Gasteiger charge is -2.51. The molecule has 0 N–H and O–H groups in total. The van der Waals surface area contributed by atoms with Gasteiger partial charge in [0.1, 0.15) is 5.75 Å². The standard InChI is InChI=1S/C22H21N3O2/c1-14-15(2)24-19-9-16(7-8-18(19)23-14)21(26)25-11-22(12-25)10-17-5-3-4-6-20(17)27-13-22/h3-9H,10-13H2,1-2H3. The number of benzene rings is 2. The van der Waals surface area contributed by atoms with Crippen molar-refractivity contribution in [1.29, 1.82) is 0 Å². The van der Waals surface area contributed by atoms with Crippen LogP contribution in [0, 0.1) is 19.3 Å². The van der Waals surface area contributed by atoms with Crippen LogP contribution in [0.1, 0.15) is 27.3 Å². The topological polar surface area (TPSA) is 55.3 Å². The molecule has 1 saturated heterocycles. The van der Waals surface area contributed by atoms with Gasteiger partial charge in [-0.25, -0.2) is 9.97 Å². The molecule has 0 aliphatic carbocycles. The van der Waals surface area contributed by atoms with Gasteiger partial charge in [0, 0.05) is 24.1 Å². The maximum atomic E-state index is 12.9. The van der Waals surface area contributed by atoms with E-state index in [-0.39, 0.29) is 11.3 Å². The lowest BCUT2D eigenvalue weighted by Crippen LogP contribution is -2.62. The van der Waals surface area contributed by atoms with E-state index in [0.717, 1.165) is 47.7 Å². The van der Waals surface area contributed by atoms with Crippen molar-refractivity contribution >= 4 is 16.9 Å². The molecule has 2 aliphatic rings. The van der Waals surface area contributed by atoms with E-state index in [1.54, 1.807) is 0 Å². The number of likely N-dealkylation sites (tertiary alicyclic amines) is 1. The summed E-state index contributed by atoms with van der Waals surface area (Å²) in [5, 5.41) is 0. The van der Waals surface area contributed by atoms with Crippen LogP contribution in [0.25, 0.3) is 11.0 Å². The number of carbonyl (C=O) groups is 1. The Hall–Kier alpha value is -2.95. The van der Waals surface area contributed by atoms with Gasteiger partial charge in [-0.05, 0) is 50.1 Å². The summed E-state index contributed by atoms with van der Waals surface area (Å²) in [4.78, 5) is 24.0. The summed E-state index contributed by atoms with van der Waals surface area (Å²) in [6, 6.07) is 13.8. The fourth-order valence-electron chi connectivity index (χ4n) is 4.13. The van der Waals surface area contributed by atoms with E-state index < -0.39 is 0 Å². The zero-order valence-electron chi connectivity index (χ0n) is 15.5. The number of rotatable bonds is 1. The highest BCUT2D eigenvalue weighted by molar-refractivity contribution is 5.97. The van der Waals surface area contributed by atoms with Crippen molar-refractivity contribution in [3.63, 3.8) is 0 Å². The van der Waals surface area contributed by atoms with Crippen LogP contribution in [0.2, 0.25) is 0 Å². The Morgan fingerprint density at radius 3 is 2.59 bits per heavy atom. The number of aromatic nitrogens is 2. The number of fused-ring (bicyclic) bond motifs is 2. The van der Waals surface area contributed by atoms with E-state index in [9.17, 15) is 4.79 Å². The maximum Gasteiger partial charge on any atom is 0.253 e. The number of amides is 1. The smallest absolute Gasteiger partial charge is 0.253 e. The summed E-state index contributed by atoms with van der Waals surface area (Å²) in [7, 11) is 0. The molecule has 1 aromatic heterocycles. The molecule has 0 bridgehead atoms. The van der Waals surface area contributed by atoms with Crippen LogP contribution in [-0.2, 0) is 6.42 Å². The van der Waals surface area contributed by atoms with Crippen molar-refractivity contribution in [1.82, 2.24) is 14.9 Å². The molecule has 0 unspecified atom stereocenters. The minimum Gasteiger partial charge on any atom is -0.493 e. The second-order valence-corrected chi connectivity index (χ2v) is 7.83. The van der Waals surface area contributed by atoms with Gasteiger partial charge in [0.05, 0.1) is 29.0 Å². The number of ether oxygens (including phenoxy) is 1. The molecule has 3 heterocycles. The van der Waals surface area contributed by atoms with Gasteiger partial charge in [-0.2, -0.15) is 0 Å². The number of para-hydroxylation sites is 1. The Morgan fingerprint density at radius 2 is 1.78 bits per heavy atom. The van der Waals surface area contributed by atoms with Crippen LogP contribution in [0.4, 0.5) is 0 Å². The molecule has 0 atom stereocenters. The average molecular weight is 359 g/mol. The average Bonchev–Trinajstić information content (AvgIpc) is 2.65. The lowest BCUT2D eigenvalue weighted by atomic mass is 9.73. The summed E-state index contributed by atoms with van der Waals surface area (Å²) in [5.41, 5.74) is 5.38. The molecule has 27 heavy (non-hydrogen) atoms. The molecule has 136 valence electrons. The molecule has 1 fully saturated rings. The van der Waals surface area contributed by atoms with Crippen LogP contribution in [0.3, 0.4) is 0 Å². The molecule has 5 rings (SSSR count). The van der Waals surface area contributed by atoms with Crippen molar-refractivity contribution in [2.75, 3.05) is 19.7 Å². The molecule has 0 saturated carbocycles. The molecule has 5 nitrogen and oxygen atoms in total. The van der Waals surface area contributed by atoms with Crippen molar-refractivity contribution in [2.24, 2.45) is 5.41 Å². The van der Waals surface area contributed by atoms with Gasteiger partial charge in [0.25, 0.3) is 5.91 Å². The van der Waals surface area contributed by atoms with Gasteiger partial charge >= 0.3 is 0 Å². The number of hydrogen-bond donors (Lipinski definition) is 0. The van der Waals surface area contributed by atoms with E-state index in [0.29, 0.717) is 12.2 Å². The lowest BCUT2D eigenvalue weighted by molar-refractivity contribution is -0.0290. The van der Waals surface area contributed by atoms with Crippen LogP contribution >= 0.6 is 0 Å². The third kappa shape index (κ3) is 2.65. The molecule has 1 amide bonds. The molecule has 0 radical (unpaired) electrons. The molecular weight excluding hydrogens is 338 g/mol. The van der Waals surface area contributed by atoms with Gasteiger partial charge in [0.15, 0.2) is 0 Å².